The molecule has 0 bridgehead atoms. The van der Waals surface area contributed by atoms with Crippen LogP contribution in [0.4, 0.5) is 0 Å². The summed E-state index contributed by atoms with van der Waals surface area (Å²) in [6, 6.07) is 16.7. The Labute approximate surface area is 245 Å². The van der Waals surface area contributed by atoms with Crippen LogP contribution in [0.2, 0.25) is 0 Å². The molecule has 0 unspecified atom stereocenters. The van der Waals surface area contributed by atoms with Crippen molar-refractivity contribution in [3.05, 3.63) is 88.1 Å². The van der Waals surface area contributed by atoms with E-state index < -0.39 is 5.97 Å². The van der Waals surface area contributed by atoms with E-state index >= 15 is 0 Å². The third kappa shape index (κ3) is 5.49. The fourth-order valence-electron chi connectivity index (χ4n) is 6.08. The number of nitrogens with zero attached hydrogens (tertiary/aromatic N) is 4. The van der Waals surface area contributed by atoms with Gasteiger partial charge < -0.3 is 19.3 Å². The maximum atomic E-state index is 11.6. The molecule has 0 aliphatic carbocycles. The Hall–Kier alpha value is -4.21. The lowest BCUT2D eigenvalue weighted by Gasteiger charge is -2.38. The third-order valence-corrected chi connectivity index (χ3v) is 8.43. The van der Waals surface area contributed by atoms with Crippen molar-refractivity contribution >= 4 is 5.97 Å². The van der Waals surface area contributed by atoms with Crippen LogP contribution in [0.1, 0.15) is 51.0 Å². The van der Waals surface area contributed by atoms with E-state index in [1.165, 1.54) is 40.2 Å². The largest absolute Gasteiger partial charge is 0.488 e. The van der Waals surface area contributed by atoms with Crippen LogP contribution < -0.4 is 9.47 Å². The van der Waals surface area contributed by atoms with Gasteiger partial charge in [0.1, 0.15) is 17.9 Å². The Balaban J connectivity index is 1.23. The van der Waals surface area contributed by atoms with Crippen LogP contribution in [0.5, 0.6) is 11.6 Å². The first-order chi connectivity index (χ1) is 20.4. The molecule has 2 aromatic carbocycles. The SMILES string of the molecule is COc1c(C(=O)O)cnn1-c1cccc(-c2ccc(C)cc2OCc2ccc3c(c2C)CCN(C2CCOCC2)C3)n1. The van der Waals surface area contributed by atoms with Crippen LogP contribution in [-0.2, 0) is 24.3 Å². The van der Waals surface area contributed by atoms with Gasteiger partial charge in [-0.2, -0.15) is 9.78 Å². The zero-order valence-corrected chi connectivity index (χ0v) is 24.3. The summed E-state index contributed by atoms with van der Waals surface area (Å²) in [5, 5.41) is 13.7. The average Bonchev–Trinajstić information content (AvgIpc) is 3.46. The summed E-state index contributed by atoms with van der Waals surface area (Å²) in [5.74, 6) is 0.189. The molecule has 0 saturated carbocycles. The van der Waals surface area contributed by atoms with Crippen molar-refractivity contribution < 1.29 is 24.1 Å². The predicted octanol–water partition coefficient (Wildman–Crippen LogP) is 5.37. The maximum absolute atomic E-state index is 11.6. The van der Waals surface area contributed by atoms with Crippen LogP contribution in [0, 0.1) is 13.8 Å². The van der Waals surface area contributed by atoms with Crippen molar-refractivity contribution in [2.45, 2.75) is 52.3 Å². The van der Waals surface area contributed by atoms with Gasteiger partial charge in [0, 0.05) is 37.9 Å². The molecule has 2 aliphatic rings. The van der Waals surface area contributed by atoms with Gasteiger partial charge >= 0.3 is 5.97 Å². The highest BCUT2D eigenvalue weighted by atomic mass is 16.5. The number of carboxylic acid groups (broad SMARTS) is 1. The second-order valence-electron chi connectivity index (χ2n) is 11.0. The number of ether oxygens (including phenoxy) is 3. The van der Waals surface area contributed by atoms with Crippen LogP contribution in [0.15, 0.2) is 54.7 Å². The minimum Gasteiger partial charge on any atom is -0.488 e. The van der Waals surface area contributed by atoms with Gasteiger partial charge in [0.05, 0.1) is 19.0 Å². The molecule has 42 heavy (non-hydrogen) atoms. The number of methoxy groups -OCH3 is 1. The number of hydrogen-bond acceptors (Lipinski definition) is 7. The summed E-state index contributed by atoms with van der Waals surface area (Å²) >= 11 is 0. The molecule has 0 atom stereocenters. The smallest absolute Gasteiger partial charge is 0.342 e. The molecule has 2 aromatic heterocycles. The monoisotopic (exact) mass is 568 g/mol. The highest BCUT2D eigenvalue weighted by Crippen LogP contribution is 2.33. The first-order valence-corrected chi connectivity index (χ1v) is 14.4. The van der Waals surface area contributed by atoms with Crippen molar-refractivity contribution in [2.24, 2.45) is 0 Å². The zero-order valence-electron chi connectivity index (χ0n) is 24.3. The molecular weight excluding hydrogens is 532 g/mol. The minimum absolute atomic E-state index is 0.0271. The summed E-state index contributed by atoms with van der Waals surface area (Å²) in [5.41, 5.74) is 7.96. The van der Waals surface area contributed by atoms with Gasteiger partial charge in [-0.05, 0) is 85.2 Å². The number of carboxylic acids is 1. The Kier molecular flexibility index (Phi) is 7.95. The van der Waals surface area contributed by atoms with Gasteiger partial charge in [0.2, 0.25) is 5.88 Å². The molecule has 0 spiro atoms. The molecular formula is C33H36N4O5. The molecule has 218 valence electrons. The van der Waals surface area contributed by atoms with Crippen molar-refractivity contribution in [3.63, 3.8) is 0 Å². The molecule has 6 rings (SSSR count). The summed E-state index contributed by atoms with van der Waals surface area (Å²) in [6.07, 6.45) is 4.56. The molecule has 9 nitrogen and oxygen atoms in total. The Bertz CT molecular complexity index is 1610. The quantitative estimate of drug-likeness (QED) is 0.303. The van der Waals surface area contributed by atoms with Gasteiger partial charge in [0.15, 0.2) is 5.82 Å². The van der Waals surface area contributed by atoms with Crippen molar-refractivity contribution in [1.82, 2.24) is 19.7 Å². The number of aryl methyl sites for hydroxylation is 1. The molecule has 1 N–H and O–H groups in total. The lowest BCUT2D eigenvalue weighted by Crippen LogP contribution is -2.42. The summed E-state index contributed by atoms with van der Waals surface area (Å²) in [4.78, 5) is 19.0. The Morgan fingerprint density at radius 2 is 1.95 bits per heavy atom. The van der Waals surface area contributed by atoms with E-state index in [2.05, 4.69) is 29.1 Å². The van der Waals surface area contributed by atoms with E-state index in [1.807, 2.05) is 37.3 Å². The van der Waals surface area contributed by atoms with Crippen molar-refractivity contribution in [1.29, 1.82) is 0 Å². The molecule has 0 radical (unpaired) electrons. The van der Waals surface area contributed by atoms with E-state index in [0.717, 1.165) is 62.4 Å². The normalized spacial score (nSPS) is 15.8. The molecule has 1 fully saturated rings. The minimum atomic E-state index is -1.11. The highest BCUT2D eigenvalue weighted by molar-refractivity contribution is 5.90. The van der Waals surface area contributed by atoms with Crippen LogP contribution in [0.25, 0.3) is 17.1 Å². The second kappa shape index (κ2) is 12.0. The fourth-order valence-corrected chi connectivity index (χ4v) is 6.08. The number of benzene rings is 2. The predicted molar refractivity (Wildman–Crippen MR) is 159 cm³/mol. The number of carbonyl (C=O) groups is 1. The number of hydrogen-bond donors (Lipinski definition) is 1. The molecule has 1 saturated heterocycles. The first-order valence-electron chi connectivity index (χ1n) is 14.4. The van der Waals surface area contributed by atoms with Gasteiger partial charge in [-0.1, -0.05) is 24.3 Å². The van der Waals surface area contributed by atoms with E-state index in [4.69, 9.17) is 19.2 Å². The van der Waals surface area contributed by atoms with E-state index in [-0.39, 0.29) is 11.4 Å². The molecule has 9 heteroatoms. The molecule has 0 amide bonds. The van der Waals surface area contributed by atoms with Gasteiger partial charge in [0.25, 0.3) is 0 Å². The summed E-state index contributed by atoms with van der Waals surface area (Å²) < 4.78 is 18.8. The molecule has 4 heterocycles. The maximum Gasteiger partial charge on any atom is 0.342 e. The second-order valence-corrected chi connectivity index (χ2v) is 11.0. The van der Waals surface area contributed by atoms with Crippen molar-refractivity contribution in [3.8, 4) is 28.7 Å². The zero-order chi connectivity index (χ0) is 29.2. The van der Waals surface area contributed by atoms with Crippen LogP contribution in [0.3, 0.4) is 0 Å². The Morgan fingerprint density at radius 3 is 2.74 bits per heavy atom. The number of aromatic nitrogens is 3. The topological polar surface area (TPSA) is 98.9 Å². The van der Waals surface area contributed by atoms with Gasteiger partial charge in [-0.25, -0.2) is 9.78 Å². The van der Waals surface area contributed by atoms with E-state index in [0.29, 0.717) is 24.2 Å². The van der Waals surface area contributed by atoms with Crippen LogP contribution in [-0.4, -0.2) is 63.7 Å². The average molecular weight is 569 g/mol. The van der Waals surface area contributed by atoms with Crippen molar-refractivity contribution in [2.75, 3.05) is 26.9 Å². The fraction of sp³-hybridized carbons (Fsp3) is 0.364. The van der Waals surface area contributed by atoms with E-state index in [1.54, 1.807) is 6.07 Å². The molecule has 4 aromatic rings. The number of pyridine rings is 1. The lowest BCUT2D eigenvalue weighted by molar-refractivity contribution is 0.0290. The third-order valence-electron chi connectivity index (χ3n) is 8.43. The van der Waals surface area contributed by atoms with Crippen LogP contribution >= 0.6 is 0 Å². The standard InChI is InChI=1S/C33H36N4O5/c1-21-7-10-27(29-5-4-6-31(35-29)37-32(40-3)28(18-34-37)33(38)39)30(17-21)42-20-24-9-8-23-19-36(14-11-26(23)22(24)2)25-12-15-41-16-13-25/h4-10,17-18,25H,11-16,19-20H2,1-3H3,(H,38,39). The number of aromatic carboxylic acids is 1. The Morgan fingerprint density at radius 1 is 1.12 bits per heavy atom. The number of rotatable bonds is 8. The van der Waals surface area contributed by atoms with Gasteiger partial charge in [-0.3, -0.25) is 4.90 Å². The van der Waals surface area contributed by atoms with E-state index in [9.17, 15) is 9.90 Å². The first kappa shape index (κ1) is 27.9. The molecule has 2 aliphatic heterocycles. The number of fused-ring (bicyclic) bond motifs is 1. The highest BCUT2D eigenvalue weighted by Gasteiger charge is 2.26. The summed E-state index contributed by atoms with van der Waals surface area (Å²) in [6.45, 7) is 8.53. The van der Waals surface area contributed by atoms with Gasteiger partial charge in [-0.15, -0.1) is 0 Å². The summed E-state index contributed by atoms with van der Waals surface area (Å²) in [7, 11) is 1.42. The lowest BCUT2D eigenvalue weighted by atomic mass is 9.90.